The van der Waals surface area contributed by atoms with E-state index in [9.17, 15) is 5.11 Å². The van der Waals surface area contributed by atoms with Gasteiger partial charge in [0, 0.05) is 17.3 Å². The van der Waals surface area contributed by atoms with E-state index in [1.165, 1.54) is 0 Å². The quantitative estimate of drug-likeness (QED) is 0.894. The van der Waals surface area contributed by atoms with Crippen LogP contribution in [0.4, 0.5) is 5.82 Å². The molecule has 20 heavy (non-hydrogen) atoms. The minimum absolute atomic E-state index is 0.0288. The molecule has 0 amide bonds. The van der Waals surface area contributed by atoms with Crippen molar-refractivity contribution < 1.29 is 5.11 Å². The number of benzene rings is 1. The Hall–Kier alpha value is -1.87. The maximum Gasteiger partial charge on any atom is 0.126 e. The first kappa shape index (κ1) is 14.5. The van der Waals surface area contributed by atoms with E-state index >= 15 is 0 Å². The zero-order chi connectivity index (χ0) is 14.8. The molecular weight excluding hydrogens is 248 g/mol. The number of aliphatic hydroxyl groups excluding tert-OH is 1. The molecule has 0 saturated heterocycles. The van der Waals surface area contributed by atoms with Crippen LogP contribution in [0.5, 0.6) is 0 Å². The van der Waals surface area contributed by atoms with E-state index in [0.717, 1.165) is 22.5 Å². The molecule has 0 radical (unpaired) electrons. The van der Waals surface area contributed by atoms with Crippen molar-refractivity contribution in [3.63, 3.8) is 0 Å². The monoisotopic (exact) mass is 270 g/mol. The molecule has 1 atom stereocenters. The van der Waals surface area contributed by atoms with E-state index in [4.69, 9.17) is 0 Å². The molecule has 2 N–H and O–H groups in total. The highest BCUT2D eigenvalue weighted by molar-refractivity contribution is 5.44. The lowest BCUT2D eigenvalue weighted by atomic mass is 9.99. The van der Waals surface area contributed by atoms with E-state index < -0.39 is 6.10 Å². The largest absolute Gasteiger partial charge is 0.384 e. The summed E-state index contributed by atoms with van der Waals surface area (Å²) in [5.41, 5.74) is 2.73. The van der Waals surface area contributed by atoms with Crippen LogP contribution in [0.2, 0.25) is 0 Å². The molecule has 2 rings (SSSR count). The van der Waals surface area contributed by atoms with Gasteiger partial charge in [0.25, 0.3) is 0 Å². The summed E-state index contributed by atoms with van der Waals surface area (Å²) in [4.78, 5) is 4.40. The number of nitrogens with zero attached hydrogens (tertiary/aromatic N) is 1. The van der Waals surface area contributed by atoms with Crippen molar-refractivity contribution in [3.05, 3.63) is 59.3 Å². The average molecular weight is 270 g/mol. The number of aliphatic hydroxyl groups is 1. The molecule has 0 bridgehead atoms. The summed E-state index contributed by atoms with van der Waals surface area (Å²) in [6.07, 6.45) is 1.12. The molecule has 2 aromatic rings. The molecule has 0 spiro atoms. The molecule has 0 fully saturated rings. The fourth-order valence-corrected chi connectivity index (χ4v) is 2.12. The second-order valence-electron chi connectivity index (χ2n) is 6.11. The van der Waals surface area contributed by atoms with E-state index in [1.54, 1.807) is 6.20 Å². The predicted molar refractivity (Wildman–Crippen MR) is 82.9 cm³/mol. The van der Waals surface area contributed by atoms with Crippen molar-refractivity contribution in [2.75, 3.05) is 5.32 Å². The summed E-state index contributed by atoms with van der Waals surface area (Å²) in [5, 5.41) is 13.8. The molecule has 3 nitrogen and oxygen atoms in total. The van der Waals surface area contributed by atoms with Gasteiger partial charge in [-0.2, -0.15) is 0 Å². The van der Waals surface area contributed by atoms with Crippen LogP contribution in [0.1, 0.15) is 43.6 Å². The summed E-state index contributed by atoms with van der Waals surface area (Å²) in [6, 6.07) is 11.6. The molecule has 0 saturated carbocycles. The molecule has 1 heterocycles. The van der Waals surface area contributed by atoms with Crippen molar-refractivity contribution in [2.24, 2.45) is 0 Å². The third kappa shape index (κ3) is 3.58. The zero-order valence-electron chi connectivity index (χ0n) is 12.5. The Labute approximate surface area is 120 Å². The minimum Gasteiger partial charge on any atom is -0.384 e. The van der Waals surface area contributed by atoms with Crippen LogP contribution >= 0.6 is 0 Å². The van der Waals surface area contributed by atoms with Gasteiger partial charge < -0.3 is 10.4 Å². The smallest absolute Gasteiger partial charge is 0.126 e. The lowest BCUT2D eigenvalue weighted by molar-refractivity contribution is 0.219. The van der Waals surface area contributed by atoms with E-state index in [1.807, 2.05) is 43.3 Å². The average Bonchev–Trinajstić information content (AvgIpc) is 2.37. The molecule has 1 aromatic heterocycles. The van der Waals surface area contributed by atoms with Crippen molar-refractivity contribution in [1.29, 1.82) is 0 Å². The van der Waals surface area contributed by atoms with Crippen molar-refractivity contribution >= 4 is 5.82 Å². The Morgan fingerprint density at radius 3 is 2.35 bits per heavy atom. The summed E-state index contributed by atoms with van der Waals surface area (Å²) < 4.78 is 0. The van der Waals surface area contributed by atoms with Crippen molar-refractivity contribution in [1.82, 2.24) is 4.98 Å². The van der Waals surface area contributed by atoms with Crippen LogP contribution in [0.15, 0.2) is 42.6 Å². The summed E-state index contributed by atoms with van der Waals surface area (Å²) in [7, 11) is 0. The van der Waals surface area contributed by atoms with Gasteiger partial charge in [-0.15, -0.1) is 0 Å². The van der Waals surface area contributed by atoms with Crippen LogP contribution in [0.25, 0.3) is 0 Å². The van der Waals surface area contributed by atoms with Gasteiger partial charge in [0.1, 0.15) is 11.9 Å². The van der Waals surface area contributed by atoms with Gasteiger partial charge in [-0.1, -0.05) is 30.3 Å². The maximum atomic E-state index is 10.4. The van der Waals surface area contributed by atoms with Gasteiger partial charge >= 0.3 is 0 Å². The first-order chi connectivity index (χ1) is 9.37. The van der Waals surface area contributed by atoms with Crippen LogP contribution in [0, 0.1) is 6.92 Å². The van der Waals surface area contributed by atoms with Gasteiger partial charge in [-0.25, -0.2) is 4.98 Å². The zero-order valence-corrected chi connectivity index (χ0v) is 12.5. The third-order valence-corrected chi connectivity index (χ3v) is 3.06. The standard InChI is InChI=1S/C17H22N2O/c1-12-10-15(19-17(2,3)4)18-11-14(12)16(20)13-8-6-5-7-9-13/h5-11,16,20H,1-4H3,(H,18,19)/t16-/m0/s1. The van der Waals surface area contributed by atoms with Gasteiger partial charge in [-0.3, -0.25) is 0 Å². The Bertz CT molecular complexity index is 573. The lowest BCUT2D eigenvalue weighted by Gasteiger charge is -2.22. The van der Waals surface area contributed by atoms with Gasteiger partial charge in [0.15, 0.2) is 0 Å². The Balaban J connectivity index is 2.26. The first-order valence-corrected chi connectivity index (χ1v) is 6.84. The molecule has 3 heteroatoms. The van der Waals surface area contributed by atoms with Gasteiger partial charge in [0.05, 0.1) is 0 Å². The maximum absolute atomic E-state index is 10.4. The predicted octanol–water partition coefficient (Wildman–Crippen LogP) is 3.68. The molecule has 1 aromatic carbocycles. The Morgan fingerprint density at radius 1 is 1.15 bits per heavy atom. The van der Waals surface area contributed by atoms with Crippen LogP contribution in [0.3, 0.4) is 0 Å². The van der Waals surface area contributed by atoms with Crippen molar-refractivity contribution in [2.45, 2.75) is 39.3 Å². The lowest BCUT2D eigenvalue weighted by Crippen LogP contribution is -2.26. The number of pyridine rings is 1. The summed E-state index contributed by atoms with van der Waals surface area (Å²) >= 11 is 0. The highest BCUT2D eigenvalue weighted by atomic mass is 16.3. The second-order valence-corrected chi connectivity index (χ2v) is 6.11. The molecular formula is C17H22N2O. The number of hydrogen-bond acceptors (Lipinski definition) is 3. The molecule has 0 aliphatic rings. The van der Waals surface area contributed by atoms with Crippen LogP contribution in [-0.4, -0.2) is 15.6 Å². The summed E-state index contributed by atoms with van der Waals surface area (Å²) in [5.74, 6) is 0.832. The highest BCUT2D eigenvalue weighted by Gasteiger charge is 2.15. The van der Waals surface area contributed by atoms with Gasteiger partial charge in [-0.05, 0) is 44.9 Å². The SMILES string of the molecule is Cc1cc(NC(C)(C)C)ncc1[C@@H](O)c1ccccc1. The second kappa shape index (κ2) is 5.63. The van der Waals surface area contributed by atoms with E-state index in [-0.39, 0.29) is 5.54 Å². The molecule has 0 aliphatic heterocycles. The molecule has 106 valence electrons. The third-order valence-electron chi connectivity index (χ3n) is 3.06. The number of aromatic nitrogens is 1. The Kier molecular flexibility index (Phi) is 4.09. The van der Waals surface area contributed by atoms with Crippen LogP contribution in [-0.2, 0) is 0 Å². The molecule has 0 unspecified atom stereocenters. The number of hydrogen-bond donors (Lipinski definition) is 2. The number of rotatable bonds is 3. The Morgan fingerprint density at radius 2 is 1.80 bits per heavy atom. The number of anilines is 1. The topological polar surface area (TPSA) is 45.2 Å². The molecule has 0 aliphatic carbocycles. The first-order valence-electron chi connectivity index (χ1n) is 6.84. The van der Waals surface area contributed by atoms with Crippen molar-refractivity contribution in [3.8, 4) is 0 Å². The number of nitrogens with one attached hydrogen (secondary N) is 1. The van der Waals surface area contributed by atoms with E-state index in [2.05, 4.69) is 31.1 Å². The van der Waals surface area contributed by atoms with Gasteiger partial charge in [0.2, 0.25) is 0 Å². The fraction of sp³-hybridized carbons (Fsp3) is 0.353. The van der Waals surface area contributed by atoms with E-state index in [0.29, 0.717) is 0 Å². The van der Waals surface area contributed by atoms with Crippen LogP contribution < -0.4 is 5.32 Å². The summed E-state index contributed by atoms with van der Waals surface area (Å²) in [6.45, 7) is 8.28. The minimum atomic E-state index is -0.632. The highest BCUT2D eigenvalue weighted by Crippen LogP contribution is 2.25. The normalized spacial score (nSPS) is 13.1. The number of aryl methyl sites for hydroxylation is 1. The fourth-order valence-electron chi connectivity index (χ4n) is 2.12.